The maximum absolute atomic E-state index is 5.83. The van der Waals surface area contributed by atoms with Gasteiger partial charge in [0.25, 0.3) is 0 Å². The molecule has 0 bridgehead atoms. The van der Waals surface area contributed by atoms with Gasteiger partial charge in [-0.25, -0.2) is 0 Å². The summed E-state index contributed by atoms with van der Waals surface area (Å²) in [7, 11) is 2.08. The van der Waals surface area contributed by atoms with Crippen molar-refractivity contribution in [3.05, 3.63) is 29.3 Å². The van der Waals surface area contributed by atoms with Crippen LogP contribution in [0.25, 0.3) is 0 Å². The Morgan fingerprint density at radius 1 is 1.26 bits per heavy atom. The van der Waals surface area contributed by atoms with Gasteiger partial charge in [-0.15, -0.1) is 0 Å². The van der Waals surface area contributed by atoms with Gasteiger partial charge in [-0.3, -0.25) is 0 Å². The molecule has 19 heavy (non-hydrogen) atoms. The number of rotatable bonds is 5. The predicted molar refractivity (Wildman–Crippen MR) is 80.7 cm³/mol. The van der Waals surface area contributed by atoms with E-state index in [1.165, 1.54) is 43.2 Å². The molecule has 106 valence electrons. The van der Waals surface area contributed by atoms with E-state index in [9.17, 15) is 0 Å². The lowest BCUT2D eigenvalue weighted by atomic mass is 9.80. The molecule has 1 atom stereocenters. The first-order valence-corrected chi connectivity index (χ1v) is 7.67. The number of nitrogens with one attached hydrogen (secondary N) is 1. The van der Waals surface area contributed by atoms with Crippen LogP contribution in [0.15, 0.2) is 18.2 Å². The van der Waals surface area contributed by atoms with Crippen LogP contribution in [0.1, 0.15) is 56.2 Å². The normalized spacial score (nSPS) is 18.3. The van der Waals surface area contributed by atoms with Crippen LogP contribution in [0.5, 0.6) is 5.75 Å². The highest BCUT2D eigenvalue weighted by Gasteiger charge is 2.26. The molecule has 0 spiro atoms. The molecule has 2 nitrogen and oxygen atoms in total. The van der Waals surface area contributed by atoms with Gasteiger partial charge in [-0.05, 0) is 45.7 Å². The van der Waals surface area contributed by atoms with E-state index in [-0.39, 0.29) is 0 Å². The minimum atomic E-state index is 0.432. The largest absolute Gasteiger partial charge is 0.494 e. The summed E-state index contributed by atoms with van der Waals surface area (Å²) in [5.74, 6) is 1.80. The third kappa shape index (κ3) is 3.50. The minimum Gasteiger partial charge on any atom is -0.494 e. The molecule has 0 radical (unpaired) electrons. The van der Waals surface area contributed by atoms with Crippen LogP contribution in [0.4, 0.5) is 0 Å². The van der Waals surface area contributed by atoms with E-state index in [1.54, 1.807) is 0 Å². The molecule has 0 heterocycles. The van der Waals surface area contributed by atoms with Gasteiger partial charge in [0.15, 0.2) is 0 Å². The molecule has 1 aromatic rings. The summed E-state index contributed by atoms with van der Waals surface area (Å²) in [6, 6.07) is 6.99. The highest BCUT2D eigenvalue weighted by Crippen LogP contribution is 2.38. The summed E-state index contributed by atoms with van der Waals surface area (Å²) in [6.07, 6.45) is 6.83. The summed E-state index contributed by atoms with van der Waals surface area (Å²) >= 11 is 0. The molecule has 0 aromatic heterocycles. The summed E-state index contributed by atoms with van der Waals surface area (Å²) < 4.78 is 5.83. The van der Waals surface area contributed by atoms with Crippen LogP contribution in [0.2, 0.25) is 0 Å². The van der Waals surface area contributed by atoms with Crippen molar-refractivity contribution >= 4 is 0 Å². The Kier molecular flexibility index (Phi) is 5.26. The van der Waals surface area contributed by atoms with Crippen molar-refractivity contribution in [3.63, 3.8) is 0 Å². The van der Waals surface area contributed by atoms with Crippen molar-refractivity contribution < 1.29 is 4.74 Å². The Hall–Kier alpha value is -1.02. The molecule has 0 saturated heterocycles. The van der Waals surface area contributed by atoms with Crippen LogP contribution in [-0.2, 0) is 0 Å². The highest BCUT2D eigenvalue weighted by molar-refractivity contribution is 5.39. The quantitative estimate of drug-likeness (QED) is 0.856. The minimum absolute atomic E-state index is 0.432. The van der Waals surface area contributed by atoms with Crippen molar-refractivity contribution in [2.45, 2.75) is 52.0 Å². The van der Waals surface area contributed by atoms with Gasteiger partial charge in [0.05, 0.1) is 6.61 Å². The summed E-state index contributed by atoms with van der Waals surface area (Å²) in [5.41, 5.74) is 2.66. The summed E-state index contributed by atoms with van der Waals surface area (Å²) in [6.45, 7) is 4.95. The molecular weight excluding hydrogens is 234 g/mol. The van der Waals surface area contributed by atoms with Gasteiger partial charge in [0.1, 0.15) is 5.75 Å². The third-order valence-electron chi connectivity index (χ3n) is 4.23. The monoisotopic (exact) mass is 261 g/mol. The molecule has 0 amide bonds. The zero-order valence-electron chi connectivity index (χ0n) is 12.5. The Morgan fingerprint density at radius 3 is 2.63 bits per heavy atom. The molecule has 1 aliphatic rings. The van der Waals surface area contributed by atoms with Gasteiger partial charge in [-0.2, -0.15) is 0 Å². The molecule has 1 saturated carbocycles. The first-order chi connectivity index (χ1) is 9.26. The zero-order valence-corrected chi connectivity index (χ0v) is 12.5. The smallest absolute Gasteiger partial charge is 0.124 e. The number of hydrogen-bond acceptors (Lipinski definition) is 2. The van der Waals surface area contributed by atoms with Crippen molar-refractivity contribution in [1.82, 2.24) is 5.32 Å². The maximum Gasteiger partial charge on any atom is 0.124 e. The molecule has 1 fully saturated rings. The molecule has 2 heteroatoms. The SMILES string of the molecule is CCOc1ccc(C)cc1C(NC)C1CCCCC1. The Bertz CT molecular complexity index is 396. The number of benzene rings is 1. The van der Waals surface area contributed by atoms with E-state index in [0.717, 1.165) is 18.3 Å². The van der Waals surface area contributed by atoms with Gasteiger partial charge in [0.2, 0.25) is 0 Å². The van der Waals surface area contributed by atoms with E-state index < -0.39 is 0 Å². The lowest BCUT2D eigenvalue weighted by molar-refractivity contribution is 0.269. The molecule has 1 unspecified atom stereocenters. The first kappa shape index (κ1) is 14.4. The number of aryl methyl sites for hydroxylation is 1. The van der Waals surface area contributed by atoms with E-state index >= 15 is 0 Å². The Morgan fingerprint density at radius 2 is 2.00 bits per heavy atom. The van der Waals surface area contributed by atoms with Crippen molar-refractivity contribution in [2.24, 2.45) is 5.92 Å². The van der Waals surface area contributed by atoms with Crippen molar-refractivity contribution in [1.29, 1.82) is 0 Å². The van der Waals surface area contributed by atoms with Gasteiger partial charge >= 0.3 is 0 Å². The lowest BCUT2D eigenvalue weighted by Gasteiger charge is -2.31. The second-order valence-electron chi connectivity index (χ2n) is 5.64. The molecular formula is C17H27NO. The average Bonchev–Trinajstić information content (AvgIpc) is 2.44. The van der Waals surface area contributed by atoms with Crippen molar-refractivity contribution in [3.8, 4) is 5.75 Å². The second kappa shape index (κ2) is 6.95. The second-order valence-corrected chi connectivity index (χ2v) is 5.64. The van der Waals surface area contributed by atoms with Gasteiger partial charge in [-0.1, -0.05) is 37.0 Å². The van der Waals surface area contributed by atoms with Gasteiger partial charge in [0, 0.05) is 11.6 Å². The van der Waals surface area contributed by atoms with E-state index in [4.69, 9.17) is 4.74 Å². The zero-order chi connectivity index (χ0) is 13.7. The maximum atomic E-state index is 5.83. The van der Waals surface area contributed by atoms with Gasteiger partial charge < -0.3 is 10.1 Å². The predicted octanol–water partition coefficient (Wildman–Crippen LogP) is 4.23. The number of ether oxygens (including phenoxy) is 1. The van der Waals surface area contributed by atoms with E-state index in [2.05, 4.69) is 44.4 Å². The van der Waals surface area contributed by atoms with Crippen LogP contribution < -0.4 is 10.1 Å². The molecule has 0 aliphatic heterocycles. The number of hydrogen-bond donors (Lipinski definition) is 1. The van der Waals surface area contributed by atoms with E-state index in [0.29, 0.717) is 6.04 Å². The Balaban J connectivity index is 2.27. The summed E-state index contributed by atoms with van der Waals surface area (Å²) in [4.78, 5) is 0. The summed E-state index contributed by atoms with van der Waals surface area (Å²) in [5, 5.41) is 3.53. The van der Waals surface area contributed by atoms with Crippen LogP contribution in [0, 0.1) is 12.8 Å². The fourth-order valence-corrected chi connectivity index (χ4v) is 3.31. The highest BCUT2D eigenvalue weighted by atomic mass is 16.5. The topological polar surface area (TPSA) is 21.3 Å². The Labute approximate surface area is 117 Å². The standard InChI is InChI=1S/C17H27NO/c1-4-19-16-11-10-13(2)12-15(16)17(18-3)14-8-6-5-7-9-14/h10-12,14,17-18H,4-9H2,1-3H3. The van der Waals surface area contributed by atoms with Crippen LogP contribution in [0.3, 0.4) is 0 Å². The fraction of sp³-hybridized carbons (Fsp3) is 0.647. The fourth-order valence-electron chi connectivity index (χ4n) is 3.31. The molecule has 1 aliphatic carbocycles. The first-order valence-electron chi connectivity index (χ1n) is 7.67. The van der Waals surface area contributed by atoms with Crippen LogP contribution >= 0.6 is 0 Å². The third-order valence-corrected chi connectivity index (χ3v) is 4.23. The van der Waals surface area contributed by atoms with Crippen LogP contribution in [-0.4, -0.2) is 13.7 Å². The average molecular weight is 261 g/mol. The lowest BCUT2D eigenvalue weighted by Crippen LogP contribution is -2.27. The molecule has 2 rings (SSSR count). The molecule has 1 aromatic carbocycles. The molecule has 1 N–H and O–H groups in total. The van der Waals surface area contributed by atoms with E-state index in [1.807, 2.05) is 0 Å². The van der Waals surface area contributed by atoms with Crippen molar-refractivity contribution in [2.75, 3.05) is 13.7 Å².